The molecule has 0 saturated heterocycles. The van der Waals surface area contributed by atoms with E-state index in [1.165, 1.54) is 5.56 Å². The molecular weight excluding hydrogens is 234 g/mol. The third kappa shape index (κ3) is 3.44. The van der Waals surface area contributed by atoms with Gasteiger partial charge in [-0.2, -0.15) is 0 Å². The fourth-order valence-electron chi connectivity index (χ4n) is 1.92. The summed E-state index contributed by atoms with van der Waals surface area (Å²) in [7, 11) is 0. The molecule has 0 aromatic heterocycles. The Bertz CT molecular complexity index is 555. The summed E-state index contributed by atoms with van der Waals surface area (Å²) in [6, 6.07) is 15.8. The van der Waals surface area contributed by atoms with Gasteiger partial charge in [-0.3, -0.25) is 4.79 Å². The maximum absolute atomic E-state index is 12.1. The lowest BCUT2D eigenvalue weighted by molar-refractivity contribution is 0.0940. The van der Waals surface area contributed by atoms with Gasteiger partial charge in [0.2, 0.25) is 0 Å². The van der Waals surface area contributed by atoms with E-state index in [1.807, 2.05) is 38.1 Å². The van der Waals surface area contributed by atoms with Gasteiger partial charge in [-0.05, 0) is 38.5 Å². The highest BCUT2D eigenvalue weighted by atomic mass is 16.1. The molecule has 2 heteroatoms. The molecule has 2 aromatic rings. The van der Waals surface area contributed by atoms with Crippen LogP contribution in [0.2, 0.25) is 0 Å². The van der Waals surface area contributed by atoms with Crippen molar-refractivity contribution >= 4 is 5.91 Å². The number of nitrogens with one attached hydrogen (secondary N) is 1. The maximum atomic E-state index is 12.1. The Kier molecular flexibility index (Phi) is 4.00. The van der Waals surface area contributed by atoms with Crippen LogP contribution in [0.15, 0.2) is 48.5 Å². The van der Waals surface area contributed by atoms with Crippen LogP contribution in [0.4, 0.5) is 0 Å². The Balaban J connectivity index is 2.06. The number of carbonyl (C=O) groups excluding carboxylic acids is 1. The number of carbonyl (C=O) groups is 1. The molecular formula is C17H19NO. The van der Waals surface area contributed by atoms with Crippen molar-refractivity contribution in [2.24, 2.45) is 0 Å². The summed E-state index contributed by atoms with van der Waals surface area (Å²) in [5.41, 5.74) is 4.19. The van der Waals surface area contributed by atoms with Crippen LogP contribution in [0.5, 0.6) is 0 Å². The largest absolute Gasteiger partial charge is 0.346 e. The molecule has 1 atom stereocenters. The van der Waals surface area contributed by atoms with Crippen molar-refractivity contribution in [2.45, 2.75) is 26.8 Å². The van der Waals surface area contributed by atoms with E-state index in [0.717, 1.165) is 11.1 Å². The van der Waals surface area contributed by atoms with Gasteiger partial charge < -0.3 is 5.32 Å². The van der Waals surface area contributed by atoms with E-state index in [9.17, 15) is 4.79 Å². The molecule has 2 aromatic carbocycles. The molecule has 0 aliphatic heterocycles. The quantitative estimate of drug-likeness (QED) is 0.885. The summed E-state index contributed by atoms with van der Waals surface area (Å²) < 4.78 is 0. The lowest BCUT2D eigenvalue weighted by Gasteiger charge is -2.14. The monoisotopic (exact) mass is 253 g/mol. The van der Waals surface area contributed by atoms with Gasteiger partial charge in [0.25, 0.3) is 5.91 Å². The van der Waals surface area contributed by atoms with E-state index in [1.54, 1.807) is 0 Å². The molecule has 1 unspecified atom stereocenters. The van der Waals surface area contributed by atoms with Gasteiger partial charge in [-0.25, -0.2) is 0 Å². The Labute approximate surface area is 114 Å². The third-order valence-corrected chi connectivity index (χ3v) is 3.24. The SMILES string of the molecule is Cc1ccc(C(=O)NC(C)c2ccc(C)cc2)cc1. The first-order chi connectivity index (χ1) is 9.06. The summed E-state index contributed by atoms with van der Waals surface area (Å²) >= 11 is 0. The first kappa shape index (κ1) is 13.3. The van der Waals surface area contributed by atoms with Gasteiger partial charge in [-0.15, -0.1) is 0 Å². The molecule has 2 nitrogen and oxygen atoms in total. The predicted octanol–water partition coefficient (Wildman–Crippen LogP) is 3.79. The highest BCUT2D eigenvalue weighted by Crippen LogP contribution is 2.14. The van der Waals surface area contributed by atoms with Crippen LogP contribution in [0, 0.1) is 13.8 Å². The number of hydrogen-bond acceptors (Lipinski definition) is 1. The van der Waals surface area contributed by atoms with Gasteiger partial charge in [0, 0.05) is 5.56 Å². The Morgan fingerprint density at radius 1 is 0.895 bits per heavy atom. The van der Waals surface area contributed by atoms with Crippen molar-refractivity contribution in [1.29, 1.82) is 0 Å². The molecule has 1 N–H and O–H groups in total. The van der Waals surface area contributed by atoms with Crippen LogP contribution in [0.3, 0.4) is 0 Å². The molecule has 0 fully saturated rings. The standard InChI is InChI=1S/C17H19NO/c1-12-4-8-15(9-5-12)14(3)18-17(19)16-10-6-13(2)7-11-16/h4-11,14H,1-3H3,(H,18,19). The van der Waals surface area contributed by atoms with Gasteiger partial charge in [0.15, 0.2) is 0 Å². The molecule has 19 heavy (non-hydrogen) atoms. The predicted molar refractivity (Wildman–Crippen MR) is 78.2 cm³/mol. The van der Waals surface area contributed by atoms with E-state index in [0.29, 0.717) is 5.56 Å². The average Bonchev–Trinajstić information content (AvgIpc) is 2.40. The summed E-state index contributed by atoms with van der Waals surface area (Å²) in [6.07, 6.45) is 0. The number of rotatable bonds is 3. The lowest BCUT2D eigenvalue weighted by Crippen LogP contribution is -2.26. The first-order valence-electron chi connectivity index (χ1n) is 6.50. The third-order valence-electron chi connectivity index (χ3n) is 3.24. The maximum Gasteiger partial charge on any atom is 0.251 e. The Hall–Kier alpha value is -2.09. The van der Waals surface area contributed by atoms with E-state index < -0.39 is 0 Å². The molecule has 2 rings (SSSR count). The fraction of sp³-hybridized carbons (Fsp3) is 0.235. The number of benzene rings is 2. The second kappa shape index (κ2) is 5.70. The van der Waals surface area contributed by atoms with Crippen molar-refractivity contribution < 1.29 is 4.79 Å². The Morgan fingerprint density at radius 3 is 1.89 bits per heavy atom. The van der Waals surface area contributed by atoms with E-state index >= 15 is 0 Å². The highest BCUT2D eigenvalue weighted by Gasteiger charge is 2.10. The topological polar surface area (TPSA) is 29.1 Å². The molecule has 0 saturated carbocycles. The van der Waals surface area contributed by atoms with Crippen molar-refractivity contribution in [3.8, 4) is 0 Å². The van der Waals surface area contributed by atoms with Crippen molar-refractivity contribution in [1.82, 2.24) is 5.32 Å². The average molecular weight is 253 g/mol. The molecule has 1 amide bonds. The number of amides is 1. The van der Waals surface area contributed by atoms with Crippen LogP contribution >= 0.6 is 0 Å². The minimum atomic E-state index is -0.0342. The summed E-state index contributed by atoms with van der Waals surface area (Å²) in [5.74, 6) is -0.0342. The van der Waals surface area contributed by atoms with Crippen molar-refractivity contribution in [3.05, 3.63) is 70.8 Å². The molecule has 0 aliphatic rings. The van der Waals surface area contributed by atoms with Gasteiger partial charge in [0.05, 0.1) is 6.04 Å². The van der Waals surface area contributed by atoms with Gasteiger partial charge >= 0.3 is 0 Å². The van der Waals surface area contributed by atoms with Crippen LogP contribution < -0.4 is 5.32 Å². The second-order valence-corrected chi connectivity index (χ2v) is 4.97. The minimum absolute atomic E-state index is 0.00871. The second-order valence-electron chi connectivity index (χ2n) is 4.97. The summed E-state index contributed by atoms with van der Waals surface area (Å²) in [5, 5.41) is 3.01. The summed E-state index contributed by atoms with van der Waals surface area (Å²) in [6.45, 7) is 6.06. The fourth-order valence-corrected chi connectivity index (χ4v) is 1.92. The molecule has 0 spiro atoms. The van der Waals surface area contributed by atoms with E-state index in [4.69, 9.17) is 0 Å². The normalized spacial score (nSPS) is 11.9. The molecule has 0 bridgehead atoms. The van der Waals surface area contributed by atoms with Crippen LogP contribution in [0.25, 0.3) is 0 Å². The smallest absolute Gasteiger partial charge is 0.251 e. The van der Waals surface area contributed by atoms with E-state index in [2.05, 4.69) is 36.5 Å². The summed E-state index contributed by atoms with van der Waals surface area (Å²) in [4.78, 5) is 12.1. The highest BCUT2D eigenvalue weighted by molar-refractivity contribution is 5.94. The zero-order valence-corrected chi connectivity index (χ0v) is 11.6. The zero-order chi connectivity index (χ0) is 13.8. The van der Waals surface area contributed by atoms with Gasteiger partial charge in [-0.1, -0.05) is 47.5 Å². The molecule has 98 valence electrons. The first-order valence-corrected chi connectivity index (χ1v) is 6.50. The lowest BCUT2D eigenvalue weighted by atomic mass is 10.1. The number of aryl methyl sites for hydroxylation is 2. The van der Waals surface area contributed by atoms with Crippen molar-refractivity contribution in [2.75, 3.05) is 0 Å². The van der Waals surface area contributed by atoms with Crippen LogP contribution in [-0.2, 0) is 0 Å². The zero-order valence-electron chi connectivity index (χ0n) is 11.6. The Morgan fingerprint density at radius 2 is 1.37 bits per heavy atom. The van der Waals surface area contributed by atoms with Crippen LogP contribution in [0.1, 0.15) is 40.0 Å². The van der Waals surface area contributed by atoms with Crippen molar-refractivity contribution in [3.63, 3.8) is 0 Å². The van der Waals surface area contributed by atoms with Gasteiger partial charge in [0.1, 0.15) is 0 Å². The molecule has 0 aliphatic carbocycles. The minimum Gasteiger partial charge on any atom is -0.346 e. The molecule has 0 heterocycles. The number of hydrogen-bond donors (Lipinski definition) is 1. The molecule has 0 radical (unpaired) electrons. The van der Waals surface area contributed by atoms with Crippen LogP contribution in [-0.4, -0.2) is 5.91 Å². The van der Waals surface area contributed by atoms with E-state index in [-0.39, 0.29) is 11.9 Å².